The van der Waals surface area contributed by atoms with E-state index in [0.717, 1.165) is 11.1 Å². The van der Waals surface area contributed by atoms with Gasteiger partial charge in [-0.2, -0.15) is 0 Å². The van der Waals surface area contributed by atoms with Crippen LogP contribution in [-0.4, -0.2) is 31.2 Å². The molecule has 2 aromatic rings. The summed E-state index contributed by atoms with van der Waals surface area (Å²) in [4.78, 5) is 24.7. The molecule has 1 atom stereocenters. The topological polar surface area (TPSA) is 73.9 Å². The van der Waals surface area contributed by atoms with E-state index >= 15 is 0 Å². The van der Waals surface area contributed by atoms with E-state index in [1.165, 1.54) is 6.92 Å². The molecule has 1 heterocycles. The smallest absolute Gasteiger partial charge is 0.339 e. The number of fused-ring (bicyclic) bond motifs is 1. The van der Waals surface area contributed by atoms with Gasteiger partial charge in [0.15, 0.2) is 17.6 Å². The molecule has 1 amide bonds. The van der Waals surface area contributed by atoms with Crippen molar-refractivity contribution in [3.63, 3.8) is 0 Å². The maximum Gasteiger partial charge on any atom is 0.339 e. The second kappa shape index (κ2) is 7.47. The molecule has 0 aromatic heterocycles. The fourth-order valence-electron chi connectivity index (χ4n) is 2.60. The minimum Gasteiger partial charge on any atom is -0.486 e. The standard InChI is InChI=1S/C20H21NO5/c1-12-4-5-13(2)16(10-12)20(23)26-14(3)19(22)21-15-6-7-17-18(11-15)25-9-8-24-17/h4-7,10-11,14H,8-9H2,1-3H3,(H,21,22). The number of rotatable bonds is 4. The van der Waals surface area contributed by atoms with Crippen molar-refractivity contribution in [2.45, 2.75) is 26.9 Å². The Morgan fingerprint density at radius 3 is 2.54 bits per heavy atom. The van der Waals surface area contributed by atoms with Gasteiger partial charge in [0.05, 0.1) is 5.56 Å². The Labute approximate surface area is 152 Å². The number of hydrogen-bond donors (Lipinski definition) is 1. The van der Waals surface area contributed by atoms with Gasteiger partial charge < -0.3 is 19.5 Å². The fraction of sp³-hybridized carbons (Fsp3) is 0.300. The highest BCUT2D eigenvalue weighted by molar-refractivity contribution is 5.98. The molecule has 6 heteroatoms. The van der Waals surface area contributed by atoms with Gasteiger partial charge in [-0.3, -0.25) is 4.79 Å². The highest BCUT2D eigenvalue weighted by atomic mass is 16.6. The van der Waals surface area contributed by atoms with Crippen LogP contribution in [0.2, 0.25) is 0 Å². The summed E-state index contributed by atoms with van der Waals surface area (Å²) in [5.41, 5.74) is 2.77. The van der Waals surface area contributed by atoms with E-state index in [9.17, 15) is 9.59 Å². The van der Waals surface area contributed by atoms with Crippen molar-refractivity contribution in [1.82, 2.24) is 0 Å². The van der Waals surface area contributed by atoms with Gasteiger partial charge in [0.2, 0.25) is 0 Å². The predicted molar refractivity (Wildman–Crippen MR) is 96.9 cm³/mol. The number of hydrogen-bond acceptors (Lipinski definition) is 5. The Hall–Kier alpha value is -3.02. The average Bonchev–Trinajstić information content (AvgIpc) is 2.63. The highest BCUT2D eigenvalue weighted by Gasteiger charge is 2.21. The van der Waals surface area contributed by atoms with E-state index in [1.54, 1.807) is 24.3 Å². The number of aryl methyl sites for hydroxylation is 2. The van der Waals surface area contributed by atoms with Crippen LogP contribution in [-0.2, 0) is 9.53 Å². The first-order valence-corrected chi connectivity index (χ1v) is 8.43. The second-order valence-electron chi connectivity index (χ2n) is 6.21. The third kappa shape index (κ3) is 3.96. The first-order valence-electron chi connectivity index (χ1n) is 8.43. The number of esters is 1. The summed E-state index contributed by atoms with van der Waals surface area (Å²) >= 11 is 0. The molecule has 1 unspecified atom stereocenters. The number of nitrogens with one attached hydrogen (secondary N) is 1. The molecule has 1 aliphatic heterocycles. The molecule has 0 radical (unpaired) electrons. The van der Waals surface area contributed by atoms with E-state index in [0.29, 0.717) is 36.0 Å². The first-order chi connectivity index (χ1) is 12.4. The minimum absolute atomic E-state index is 0.416. The molecule has 3 rings (SSSR count). The third-order valence-corrected chi connectivity index (χ3v) is 4.08. The Kier molecular flexibility index (Phi) is 5.11. The van der Waals surface area contributed by atoms with E-state index in [1.807, 2.05) is 26.0 Å². The van der Waals surface area contributed by atoms with Crippen molar-refractivity contribution >= 4 is 17.6 Å². The Balaban J connectivity index is 1.64. The summed E-state index contributed by atoms with van der Waals surface area (Å²) in [5, 5.41) is 2.72. The van der Waals surface area contributed by atoms with Gasteiger partial charge in [0.1, 0.15) is 13.2 Å². The maximum atomic E-state index is 12.3. The normalized spacial score (nSPS) is 13.7. The fourth-order valence-corrected chi connectivity index (χ4v) is 2.60. The van der Waals surface area contributed by atoms with Crippen LogP contribution >= 0.6 is 0 Å². The van der Waals surface area contributed by atoms with E-state index in [2.05, 4.69) is 5.32 Å². The average molecular weight is 355 g/mol. The van der Waals surface area contributed by atoms with Crippen LogP contribution < -0.4 is 14.8 Å². The van der Waals surface area contributed by atoms with E-state index in [4.69, 9.17) is 14.2 Å². The summed E-state index contributed by atoms with van der Waals surface area (Å²) in [7, 11) is 0. The van der Waals surface area contributed by atoms with Crippen LogP contribution in [0, 0.1) is 13.8 Å². The zero-order valence-corrected chi connectivity index (χ0v) is 15.0. The lowest BCUT2D eigenvalue weighted by atomic mass is 10.1. The van der Waals surface area contributed by atoms with Gasteiger partial charge in [0.25, 0.3) is 5.91 Å². The third-order valence-electron chi connectivity index (χ3n) is 4.08. The van der Waals surface area contributed by atoms with Crippen LogP contribution in [0.25, 0.3) is 0 Å². The van der Waals surface area contributed by atoms with Gasteiger partial charge in [-0.25, -0.2) is 4.79 Å². The lowest BCUT2D eigenvalue weighted by Crippen LogP contribution is -2.30. The molecule has 0 saturated heterocycles. The highest BCUT2D eigenvalue weighted by Crippen LogP contribution is 2.32. The largest absolute Gasteiger partial charge is 0.486 e. The summed E-state index contributed by atoms with van der Waals surface area (Å²) < 4.78 is 16.2. The number of carbonyl (C=O) groups is 2. The van der Waals surface area contributed by atoms with Crippen molar-refractivity contribution in [2.24, 2.45) is 0 Å². The van der Waals surface area contributed by atoms with Gasteiger partial charge in [-0.15, -0.1) is 0 Å². The first kappa shape index (κ1) is 17.8. The molecule has 0 aliphatic carbocycles. The number of anilines is 1. The molecule has 0 spiro atoms. The molecule has 26 heavy (non-hydrogen) atoms. The number of benzene rings is 2. The van der Waals surface area contributed by atoms with Crippen molar-refractivity contribution in [3.05, 3.63) is 53.1 Å². The lowest BCUT2D eigenvalue weighted by Gasteiger charge is -2.19. The van der Waals surface area contributed by atoms with Gasteiger partial charge in [0, 0.05) is 11.8 Å². The number of amides is 1. The molecule has 6 nitrogen and oxygen atoms in total. The van der Waals surface area contributed by atoms with E-state index < -0.39 is 18.0 Å². The summed E-state index contributed by atoms with van der Waals surface area (Å²) in [6, 6.07) is 10.7. The monoisotopic (exact) mass is 355 g/mol. The van der Waals surface area contributed by atoms with Crippen LogP contribution in [0.4, 0.5) is 5.69 Å². The summed E-state index contributed by atoms with van der Waals surface area (Å²) in [6.07, 6.45) is -0.935. The molecule has 2 aromatic carbocycles. The predicted octanol–water partition coefficient (Wildman–Crippen LogP) is 3.26. The Morgan fingerprint density at radius 1 is 1.04 bits per heavy atom. The molecule has 1 N–H and O–H groups in total. The summed E-state index contributed by atoms with van der Waals surface area (Å²) in [5.74, 6) is 0.286. The lowest BCUT2D eigenvalue weighted by molar-refractivity contribution is -0.123. The van der Waals surface area contributed by atoms with Crippen LogP contribution in [0.5, 0.6) is 11.5 Å². The van der Waals surface area contributed by atoms with Crippen molar-refractivity contribution < 1.29 is 23.8 Å². The molecular weight excluding hydrogens is 334 g/mol. The number of carbonyl (C=O) groups excluding carboxylic acids is 2. The Bertz CT molecular complexity index is 846. The van der Waals surface area contributed by atoms with Gasteiger partial charge in [-0.1, -0.05) is 17.7 Å². The van der Waals surface area contributed by atoms with Crippen molar-refractivity contribution in [3.8, 4) is 11.5 Å². The molecular formula is C20H21NO5. The molecule has 1 aliphatic rings. The number of ether oxygens (including phenoxy) is 3. The maximum absolute atomic E-state index is 12.3. The molecule has 136 valence electrons. The van der Waals surface area contributed by atoms with Gasteiger partial charge >= 0.3 is 5.97 Å². The molecule has 0 bridgehead atoms. The quantitative estimate of drug-likeness (QED) is 0.852. The van der Waals surface area contributed by atoms with Gasteiger partial charge in [-0.05, 0) is 44.5 Å². The van der Waals surface area contributed by atoms with Crippen LogP contribution in [0.3, 0.4) is 0 Å². The van der Waals surface area contributed by atoms with Crippen LogP contribution in [0.15, 0.2) is 36.4 Å². The summed E-state index contributed by atoms with van der Waals surface area (Å²) in [6.45, 7) is 6.24. The molecule has 0 saturated carbocycles. The minimum atomic E-state index is -0.935. The molecule has 0 fully saturated rings. The second-order valence-corrected chi connectivity index (χ2v) is 6.21. The zero-order valence-electron chi connectivity index (χ0n) is 15.0. The van der Waals surface area contributed by atoms with Crippen molar-refractivity contribution in [2.75, 3.05) is 18.5 Å². The Morgan fingerprint density at radius 2 is 1.77 bits per heavy atom. The SMILES string of the molecule is Cc1ccc(C)c(C(=O)OC(C)C(=O)Nc2ccc3c(c2)OCCO3)c1. The van der Waals surface area contributed by atoms with Crippen molar-refractivity contribution in [1.29, 1.82) is 0 Å². The van der Waals surface area contributed by atoms with Crippen LogP contribution in [0.1, 0.15) is 28.4 Å². The zero-order chi connectivity index (χ0) is 18.7. The van der Waals surface area contributed by atoms with E-state index in [-0.39, 0.29) is 0 Å².